The van der Waals surface area contributed by atoms with E-state index in [4.69, 9.17) is 0 Å². The van der Waals surface area contributed by atoms with Crippen molar-refractivity contribution < 1.29 is 9.53 Å². The van der Waals surface area contributed by atoms with E-state index >= 15 is 0 Å². The third-order valence-corrected chi connectivity index (χ3v) is 1.67. The van der Waals surface area contributed by atoms with E-state index in [1.807, 2.05) is 0 Å². The number of hydrogen-bond donors (Lipinski definition) is 0. The summed E-state index contributed by atoms with van der Waals surface area (Å²) in [5.41, 5.74) is 1.20. The third-order valence-electron chi connectivity index (χ3n) is 1.67. The fraction of sp³-hybridized carbons (Fsp3) is 0.700. The molecule has 0 aromatic rings. The van der Waals surface area contributed by atoms with Crippen molar-refractivity contribution in [1.29, 1.82) is 0 Å². The van der Waals surface area contributed by atoms with E-state index in [0.717, 1.165) is 25.7 Å². The van der Waals surface area contributed by atoms with Gasteiger partial charge in [-0.3, -0.25) is 0 Å². The maximum Gasteiger partial charge on any atom is 0.330 e. The molecule has 2 heteroatoms. The zero-order valence-electron chi connectivity index (χ0n) is 8.22. The molecule has 0 aromatic carbocycles. The smallest absolute Gasteiger partial charge is 0.330 e. The summed E-state index contributed by atoms with van der Waals surface area (Å²) in [4.78, 5) is 10.9. The molecule has 0 amide bonds. The molecule has 0 heterocycles. The molecule has 0 radical (unpaired) electrons. The second kappa shape index (κ2) is 6.89. The second-order valence-electron chi connectivity index (χ2n) is 2.83. The van der Waals surface area contributed by atoms with E-state index in [1.54, 1.807) is 6.08 Å². The molecule has 2 nitrogen and oxygen atoms in total. The molecule has 70 valence electrons. The average Bonchev–Trinajstić information content (AvgIpc) is 2.05. The molecule has 0 unspecified atom stereocenters. The molecule has 0 aliphatic rings. The van der Waals surface area contributed by atoms with Crippen LogP contribution in [0.15, 0.2) is 11.6 Å². The van der Waals surface area contributed by atoms with Crippen molar-refractivity contribution in [3.8, 4) is 0 Å². The molecule has 0 aliphatic heterocycles. The van der Waals surface area contributed by atoms with Crippen LogP contribution >= 0.6 is 0 Å². The molecule has 0 aliphatic carbocycles. The summed E-state index contributed by atoms with van der Waals surface area (Å²) < 4.78 is 4.56. The van der Waals surface area contributed by atoms with Gasteiger partial charge in [-0.25, -0.2) is 4.79 Å². The van der Waals surface area contributed by atoms with Crippen LogP contribution in [-0.2, 0) is 9.53 Å². The van der Waals surface area contributed by atoms with Gasteiger partial charge in [-0.05, 0) is 12.8 Å². The van der Waals surface area contributed by atoms with Gasteiger partial charge in [-0.15, -0.1) is 0 Å². The zero-order chi connectivity index (χ0) is 9.40. The van der Waals surface area contributed by atoms with Crippen molar-refractivity contribution in [3.63, 3.8) is 0 Å². The number of allylic oxidation sites excluding steroid dienone is 1. The minimum absolute atomic E-state index is 0.230. The van der Waals surface area contributed by atoms with Gasteiger partial charge in [-0.2, -0.15) is 0 Å². The number of carbonyl (C=O) groups is 1. The number of hydrogen-bond acceptors (Lipinski definition) is 2. The molecule has 0 fully saturated rings. The quantitative estimate of drug-likeness (QED) is 0.468. The largest absolute Gasteiger partial charge is 0.466 e. The monoisotopic (exact) mass is 170 g/mol. The Labute approximate surface area is 74.6 Å². The highest BCUT2D eigenvalue weighted by Gasteiger charge is 1.99. The molecule has 0 aromatic heterocycles. The number of methoxy groups -OCH3 is 1. The van der Waals surface area contributed by atoms with Gasteiger partial charge in [0, 0.05) is 6.08 Å². The van der Waals surface area contributed by atoms with Crippen LogP contribution in [0.3, 0.4) is 0 Å². The number of esters is 1. The highest BCUT2D eigenvalue weighted by molar-refractivity contribution is 5.82. The lowest BCUT2D eigenvalue weighted by atomic mass is 10.1. The first-order chi connectivity index (χ1) is 5.74. The predicted molar refractivity (Wildman–Crippen MR) is 49.9 cm³/mol. The van der Waals surface area contributed by atoms with Crippen LogP contribution in [0.5, 0.6) is 0 Å². The van der Waals surface area contributed by atoms with Gasteiger partial charge in [0.15, 0.2) is 0 Å². The maximum atomic E-state index is 10.9. The van der Waals surface area contributed by atoms with Crippen molar-refractivity contribution >= 4 is 5.97 Å². The molecule has 0 rings (SSSR count). The van der Waals surface area contributed by atoms with Crippen LogP contribution in [-0.4, -0.2) is 13.1 Å². The molecule has 0 spiro atoms. The Hall–Kier alpha value is -0.790. The minimum atomic E-state index is -0.230. The average molecular weight is 170 g/mol. The molecule has 0 saturated carbocycles. The van der Waals surface area contributed by atoms with Gasteiger partial charge in [0.05, 0.1) is 7.11 Å². The van der Waals surface area contributed by atoms with Gasteiger partial charge in [0.25, 0.3) is 0 Å². The Morgan fingerprint density at radius 2 is 1.75 bits per heavy atom. The summed E-state index contributed by atoms with van der Waals surface area (Å²) >= 11 is 0. The van der Waals surface area contributed by atoms with Crippen LogP contribution in [0, 0.1) is 0 Å². The molecule has 0 bridgehead atoms. The molecule has 12 heavy (non-hydrogen) atoms. The standard InChI is InChI=1S/C10H18O2/c1-4-6-9(7-5-2)8-10(11)12-3/h8H,4-7H2,1-3H3. The Morgan fingerprint density at radius 1 is 1.25 bits per heavy atom. The normalized spacial score (nSPS) is 9.25. The van der Waals surface area contributed by atoms with Gasteiger partial charge < -0.3 is 4.74 Å². The molecular formula is C10H18O2. The van der Waals surface area contributed by atoms with E-state index in [2.05, 4.69) is 18.6 Å². The van der Waals surface area contributed by atoms with Crippen molar-refractivity contribution in [3.05, 3.63) is 11.6 Å². The predicted octanol–water partition coefficient (Wildman–Crippen LogP) is 2.69. The van der Waals surface area contributed by atoms with Crippen LogP contribution in [0.2, 0.25) is 0 Å². The lowest BCUT2D eigenvalue weighted by molar-refractivity contribution is -0.134. The van der Waals surface area contributed by atoms with E-state index in [0.29, 0.717) is 0 Å². The van der Waals surface area contributed by atoms with Gasteiger partial charge in [0.1, 0.15) is 0 Å². The molecule has 0 atom stereocenters. The fourth-order valence-corrected chi connectivity index (χ4v) is 1.14. The van der Waals surface area contributed by atoms with Crippen LogP contribution in [0.25, 0.3) is 0 Å². The first-order valence-electron chi connectivity index (χ1n) is 4.52. The highest BCUT2D eigenvalue weighted by atomic mass is 16.5. The fourth-order valence-electron chi connectivity index (χ4n) is 1.14. The van der Waals surface area contributed by atoms with Crippen LogP contribution in [0.1, 0.15) is 39.5 Å². The van der Waals surface area contributed by atoms with Crippen molar-refractivity contribution in [2.45, 2.75) is 39.5 Å². The van der Waals surface area contributed by atoms with Gasteiger partial charge >= 0.3 is 5.97 Å². The number of rotatable bonds is 5. The molecular weight excluding hydrogens is 152 g/mol. The summed E-state index contributed by atoms with van der Waals surface area (Å²) in [5.74, 6) is -0.230. The third kappa shape index (κ3) is 4.94. The van der Waals surface area contributed by atoms with Crippen LogP contribution in [0.4, 0.5) is 0 Å². The van der Waals surface area contributed by atoms with Crippen molar-refractivity contribution in [2.75, 3.05) is 7.11 Å². The Balaban J connectivity index is 4.06. The lowest BCUT2D eigenvalue weighted by Crippen LogP contribution is -1.97. The van der Waals surface area contributed by atoms with E-state index in [-0.39, 0.29) is 5.97 Å². The summed E-state index contributed by atoms with van der Waals surface area (Å²) in [5, 5.41) is 0. The Morgan fingerprint density at radius 3 is 2.08 bits per heavy atom. The van der Waals surface area contributed by atoms with Crippen LogP contribution < -0.4 is 0 Å². The number of carbonyl (C=O) groups excluding carboxylic acids is 1. The second-order valence-corrected chi connectivity index (χ2v) is 2.83. The van der Waals surface area contributed by atoms with E-state index in [9.17, 15) is 4.79 Å². The number of ether oxygens (including phenoxy) is 1. The maximum absolute atomic E-state index is 10.9. The Bertz CT molecular complexity index is 151. The first kappa shape index (κ1) is 11.2. The molecule has 0 N–H and O–H groups in total. The first-order valence-corrected chi connectivity index (χ1v) is 4.52. The topological polar surface area (TPSA) is 26.3 Å². The Kier molecular flexibility index (Phi) is 6.44. The summed E-state index contributed by atoms with van der Waals surface area (Å²) in [6, 6.07) is 0. The molecule has 0 saturated heterocycles. The summed E-state index contributed by atoms with van der Waals surface area (Å²) in [6.45, 7) is 4.22. The van der Waals surface area contributed by atoms with E-state index < -0.39 is 0 Å². The minimum Gasteiger partial charge on any atom is -0.466 e. The van der Waals surface area contributed by atoms with Crippen molar-refractivity contribution in [2.24, 2.45) is 0 Å². The summed E-state index contributed by atoms with van der Waals surface area (Å²) in [6.07, 6.45) is 5.80. The highest BCUT2D eigenvalue weighted by Crippen LogP contribution is 2.11. The summed E-state index contributed by atoms with van der Waals surface area (Å²) in [7, 11) is 1.41. The SMILES string of the molecule is CCCC(=CC(=O)OC)CCC. The van der Waals surface area contributed by atoms with Gasteiger partial charge in [0.2, 0.25) is 0 Å². The van der Waals surface area contributed by atoms with Crippen molar-refractivity contribution in [1.82, 2.24) is 0 Å². The zero-order valence-corrected chi connectivity index (χ0v) is 8.22. The van der Waals surface area contributed by atoms with Gasteiger partial charge in [-0.1, -0.05) is 32.3 Å². The van der Waals surface area contributed by atoms with E-state index in [1.165, 1.54) is 12.7 Å². The lowest BCUT2D eigenvalue weighted by Gasteiger charge is -2.02.